The van der Waals surface area contributed by atoms with Crippen molar-refractivity contribution in [2.75, 3.05) is 19.0 Å². The highest BCUT2D eigenvalue weighted by molar-refractivity contribution is 9.09. The van der Waals surface area contributed by atoms with Crippen molar-refractivity contribution in [3.8, 4) is 0 Å². The fourth-order valence-electron chi connectivity index (χ4n) is 2.27. The van der Waals surface area contributed by atoms with E-state index in [1.807, 2.05) is 0 Å². The van der Waals surface area contributed by atoms with Crippen LogP contribution < -0.4 is 11.2 Å². The fraction of sp³-hybridized carbons (Fsp3) is 0.667. The van der Waals surface area contributed by atoms with Crippen LogP contribution in [0.1, 0.15) is 24.3 Å². The van der Waals surface area contributed by atoms with Crippen LogP contribution in [-0.2, 0) is 9.47 Å². The highest BCUT2D eigenvalue weighted by atomic mass is 79.9. The molecule has 0 bridgehead atoms. The number of nitrogens with one attached hydrogen (secondary N) is 1. The molecule has 3 N–H and O–H groups in total. The van der Waals surface area contributed by atoms with Crippen molar-refractivity contribution in [2.45, 2.75) is 31.0 Å². The minimum atomic E-state index is -0.864. The molecule has 118 valence electrons. The molecule has 1 saturated heterocycles. The number of hydrogen-bond acceptors (Lipinski definition) is 6. The quantitative estimate of drug-likeness (QED) is 0.593. The maximum atomic E-state index is 11.9. The topological polar surface area (TPSA) is 114 Å². The first-order valence-electron chi connectivity index (χ1n) is 6.40. The summed E-state index contributed by atoms with van der Waals surface area (Å²) in [4.78, 5) is 26.0. The molecule has 1 aliphatic rings. The molecule has 0 radical (unpaired) electrons. The zero-order valence-corrected chi connectivity index (χ0v) is 12.9. The Kier molecular flexibility index (Phi) is 5.33. The average Bonchev–Trinajstić information content (AvgIpc) is 2.83. The predicted octanol–water partition coefficient (Wildman–Crippen LogP) is -0.740. The third-order valence-electron chi connectivity index (χ3n) is 3.46. The van der Waals surface area contributed by atoms with Gasteiger partial charge in [0.1, 0.15) is 12.3 Å². The summed E-state index contributed by atoms with van der Waals surface area (Å²) in [5, 5.41) is 19.2. The lowest BCUT2D eigenvalue weighted by atomic mass is 10.2. The van der Waals surface area contributed by atoms with Gasteiger partial charge in [-0.2, -0.15) is 0 Å². The molecule has 21 heavy (non-hydrogen) atoms. The SMILES string of the molecule is COC(CBr)c1cn([C@@H]2CC(O)[C@H](CO)O2)c(=O)[nH]c1=O. The second kappa shape index (κ2) is 6.84. The van der Waals surface area contributed by atoms with E-state index in [9.17, 15) is 14.7 Å². The van der Waals surface area contributed by atoms with E-state index >= 15 is 0 Å². The van der Waals surface area contributed by atoms with Crippen molar-refractivity contribution >= 4 is 15.9 Å². The lowest BCUT2D eigenvalue weighted by Crippen LogP contribution is -2.35. The van der Waals surface area contributed by atoms with Crippen LogP contribution in [0.25, 0.3) is 0 Å². The van der Waals surface area contributed by atoms with Crippen molar-refractivity contribution in [1.29, 1.82) is 0 Å². The third-order valence-corrected chi connectivity index (χ3v) is 4.05. The summed E-state index contributed by atoms with van der Waals surface area (Å²) in [7, 11) is 1.46. The van der Waals surface area contributed by atoms with Gasteiger partial charge in [0.15, 0.2) is 0 Å². The molecule has 2 unspecified atom stereocenters. The molecule has 0 spiro atoms. The first-order valence-corrected chi connectivity index (χ1v) is 7.52. The van der Waals surface area contributed by atoms with Crippen LogP contribution in [0, 0.1) is 0 Å². The van der Waals surface area contributed by atoms with Crippen molar-refractivity contribution < 1.29 is 19.7 Å². The van der Waals surface area contributed by atoms with E-state index in [1.165, 1.54) is 17.9 Å². The van der Waals surface area contributed by atoms with Crippen LogP contribution in [0.4, 0.5) is 0 Å². The molecule has 2 heterocycles. The second-order valence-electron chi connectivity index (χ2n) is 4.74. The number of nitrogens with zero attached hydrogens (tertiary/aromatic N) is 1. The van der Waals surface area contributed by atoms with Crippen LogP contribution in [-0.4, -0.2) is 51.0 Å². The van der Waals surface area contributed by atoms with Gasteiger partial charge in [0, 0.05) is 25.1 Å². The number of rotatable bonds is 5. The number of ether oxygens (including phenoxy) is 2. The number of hydrogen-bond donors (Lipinski definition) is 3. The Hall–Kier alpha value is -1.00. The highest BCUT2D eigenvalue weighted by Gasteiger charge is 2.35. The number of aliphatic hydroxyl groups excluding tert-OH is 2. The fourth-order valence-corrected chi connectivity index (χ4v) is 2.88. The molecule has 0 aliphatic carbocycles. The molecule has 9 heteroatoms. The molecule has 1 aliphatic heterocycles. The zero-order chi connectivity index (χ0) is 15.6. The summed E-state index contributed by atoms with van der Waals surface area (Å²) in [6.45, 7) is -0.343. The number of alkyl halides is 1. The summed E-state index contributed by atoms with van der Waals surface area (Å²) in [6, 6.07) is 0. The van der Waals surface area contributed by atoms with Gasteiger partial charge in [-0.05, 0) is 0 Å². The van der Waals surface area contributed by atoms with Gasteiger partial charge in [0.2, 0.25) is 0 Å². The van der Waals surface area contributed by atoms with E-state index in [1.54, 1.807) is 0 Å². The Labute approximate surface area is 128 Å². The van der Waals surface area contributed by atoms with E-state index in [0.29, 0.717) is 5.33 Å². The molecule has 0 amide bonds. The van der Waals surface area contributed by atoms with E-state index in [4.69, 9.17) is 14.6 Å². The van der Waals surface area contributed by atoms with E-state index in [0.717, 1.165) is 0 Å². The molecule has 1 fully saturated rings. The van der Waals surface area contributed by atoms with E-state index < -0.39 is 35.8 Å². The maximum absolute atomic E-state index is 11.9. The number of aromatic nitrogens is 2. The van der Waals surface area contributed by atoms with Crippen LogP contribution >= 0.6 is 15.9 Å². The van der Waals surface area contributed by atoms with Crippen molar-refractivity contribution in [3.05, 3.63) is 32.6 Å². The molecular weight excluding hydrogens is 348 g/mol. The van der Waals surface area contributed by atoms with Gasteiger partial charge in [0.05, 0.1) is 24.4 Å². The Morgan fingerprint density at radius 2 is 2.33 bits per heavy atom. The molecular formula is C12H17BrN2O6. The summed E-state index contributed by atoms with van der Waals surface area (Å²) in [5.74, 6) is 0. The first-order chi connectivity index (χ1) is 10.0. The van der Waals surface area contributed by atoms with Gasteiger partial charge in [-0.3, -0.25) is 14.3 Å². The standard InChI is InChI=1S/C12H17BrN2O6/c1-20-8(3-13)6-4-15(12(19)14-11(6)18)10-2-7(17)9(5-16)21-10/h4,7-10,16-17H,2-3,5H2,1H3,(H,14,18,19)/t7?,8?,9-,10-/m0/s1. The molecule has 0 aromatic carbocycles. The minimum Gasteiger partial charge on any atom is -0.394 e. The van der Waals surface area contributed by atoms with Gasteiger partial charge in [-0.1, -0.05) is 15.9 Å². The number of H-pyrrole nitrogens is 1. The Bertz CT molecular complexity index is 596. The first kappa shape index (κ1) is 16.4. The van der Waals surface area contributed by atoms with Gasteiger partial charge < -0.3 is 19.7 Å². The van der Waals surface area contributed by atoms with Crippen LogP contribution in [0.15, 0.2) is 15.8 Å². The number of aliphatic hydroxyl groups is 2. The maximum Gasteiger partial charge on any atom is 0.330 e. The Morgan fingerprint density at radius 1 is 1.62 bits per heavy atom. The molecule has 0 saturated carbocycles. The number of halogens is 1. The normalized spacial score (nSPS) is 27.0. The van der Waals surface area contributed by atoms with E-state index in [-0.39, 0.29) is 18.6 Å². The Balaban J connectivity index is 2.39. The van der Waals surface area contributed by atoms with Crippen molar-refractivity contribution in [1.82, 2.24) is 9.55 Å². The van der Waals surface area contributed by atoms with Gasteiger partial charge in [-0.25, -0.2) is 4.79 Å². The zero-order valence-electron chi connectivity index (χ0n) is 11.4. The lowest BCUT2D eigenvalue weighted by molar-refractivity contribution is -0.0461. The number of aromatic amines is 1. The summed E-state index contributed by atoms with van der Waals surface area (Å²) >= 11 is 3.23. The minimum absolute atomic E-state index is 0.155. The second-order valence-corrected chi connectivity index (χ2v) is 5.39. The van der Waals surface area contributed by atoms with Gasteiger partial charge in [0.25, 0.3) is 5.56 Å². The predicted molar refractivity (Wildman–Crippen MR) is 76.5 cm³/mol. The van der Waals surface area contributed by atoms with Crippen molar-refractivity contribution in [3.63, 3.8) is 0 Å². The lowest BCUT2D eigenvalue weighted by Gasteiger charge is -2.17. The summed E-state index contributed by atoms with van der Waals surface area (Å²) in [6.07, 6.45) is -1.34. The number of methoxy groups -OCH3 is 1. The third kappa shape index (κ3) is 3.27. The molecule has 8 nitrogen and oxygen atoms in total. The Morgan fingerprint density at radius 3 is 2.86 bits per heavy atom. The van der Waals surface area contributed by atoms with Gasteiger partial charge in [-0.15, -0.1) is 0 Å². The summed E-state index contributed by atoms with van der Waals surface area (Å²) < 4.78 is 11.8. The van der Waals surface area contributed by atoms with Crippen LogP contribution in [0.5, 0.6) is 0 Å². The molecule has 1 aromatic heterocycles. The highest BCUT2D eigenvalue weighted by Crippen LogP contribution is 2.27. The average molecular weight is 365 g/mol. The molecule has 4 atom stereocenters. The summed E-state index contributed by atoms with van der Waals surface area (Å²) in [5.41, 5.74) is -0.886. The van der Waals surface area contributed by atoms with Crippen LogP contribution in [0.2, 0.25) is 0 Å². The van der Waals surface area contributed by atoms with Gasteiger partial charge >= 0.3 is 5.69 Å². The monoisotopic (exact) mass is 364 g/mol. The smallest absolute Gasteiger partial charge is 0.330 e. The van der Waals surface area contributed by atoms with Crippen LogP contribution in [0.3, 0.4) is 0 Å². The van der Waals surface area contributed by atoms with E-state index in [2.05, 4.69) is 20.9 Å². The largest absolute Gasteiger partial charge is 0.394 e. The molecule has 1 aromatic rings. The molecule has 2 rings (SSSR count). The van der Waals surface area contributed by atoms with Crippen molar-refractivity contribution in [2.24, 2.45) is 0 Å².